The van der Waals surface area contributed by atoms with Gasteiger partial charge >= 0.3 is 5.69 Å². The summed E-state index contributed by atoms with van der Waals surface area (Å²) in [5, 5.41) is 4.55. The molecule has 164 valence electrons. The number of rotatable bonds is 8. The SMILES string of the molecule is CCCCn1c(=O)[nH]c(=O)c2c1nc(CNc1ccc3nc(C(C)C)sc3c1)n2CC. The molecule has 0 radical (unpaired) electrons. The number of fused-ring (bicyclic) bond motifs is 2. The van der Waals surface area contributed by atoms with Crippen molar-refractivity contribution in [3.05, 3.63) is 49.9 Å². The monoisotopic (exact) mass is 440 g/mol. The van der Waals surface area contributed by atoms with Crippen molar-refractivity contribution < 1.29 is 0 Å². The number of aromatic amines is 1. The summed E-state index contributed by atoms with van der Waals surface area (Å²) in [7, 11) is 0. The summed E-state index contributed by atoms with van der Waals surface area (Å²) in [6, 6.07) is 6.13. The quantitative estimate of drug-likeness (QED) is 0.431. The second-order valence-electron chi connectivity index (χ2n) is 7.95. The van der Waals surface area contributed by atoms with Gasteiger partial charge in [0, 0.05) is 24.7 Å². The summed E-state index contributed by atoms with van der Waals surface area (Å²) in [6.45, 7) is 9.91. The summed E-state index contributed by atoms with van der Waals surface area (Å²) in [5.74, 6) is 1.13. The molecule has 31 heavy (non-hydrogen) atoms. The first-order valence-corrected chi connectivity index (χ1v) is 11.6. The van der Waals surface area contributed by atoms with Crippen molar-refractivity contribution in [3.8, 4) is 0 Å². The molecule has 0 atom stereocenters. The maximum Gasteiger partial charge on any atom is 0.330 e. The third-order valence-electron chi connectivity index (χ3n) is 5.37. The number of aromatic nitrogens is 5. The number of benzene rings is 1. The Kier molecular flexibility index (Phi) is 5.95. The van der Waals surface area contributed by atoms with Crippen LogP contribution >= 0.6 is 11.3 Å². The van der Waals surface area contributed by atoms with Crippen molar-refractivity contribution in [2.24, 2.45) is 0 Å². The Morgan fingerprint density at radius 3 is 2.68 bits per heavy atom. The lowest BCUT2D eigenvalue weighted by molar-refractivity contribution is 0.613. The van der Waals surface area contributed by atoms with E-state index in [1.54, 1.807) is 15.9 Å². The highest BCUT2D eigenvalue weighted by Gasteiger charge is 2.17. The fourth-order valence-electron chi connectivity index (χ4n) is 3.70. The van der Waals surface area contributed by atoms with E-state index >= 15 is 0 Å². The Morgan fingerprint density at radius 2 is 1.97 bits per heavy atom. The Bertz CT molecular complexity index is 1340. The smallest absolute Gasteiger partial charge is 0.330 e. The Morgan fingerprint density at radius 1 is 1.16 bits per heavy atom. The third-order valence-corrected chi connectivity index (χ3v) is 6.68. The van der Waals surface area contributed by atoms with Crippen LogP contribution in [0.2, 0.25) is 0 Å². The molecule has 4 rings (SSSR count). The average molecular weight is 441 g/mol. The lowest BCUT2D eigenvalue weighted by Gasteiger charge is -2.08. The van der Waals surface area contributed by atoms with E-state index in [9.17, 15) is 9.59 Å². The number of thiazole rings is 1. The molecular formula is C22H28N6O2S. The van der Waals surface area contributed by atoms with E-state index in [0.717, 1.165) is 39.6 Å². The number of H-pyrrole nitrogens is 1. The molecule has 2 N–H and O–H groups in total. The first-order valence-electron chi connectivity index (χ1n) is 10.8. The lowest BCUT2D eigenvalue weighted by atomic mass is 10.2. The predicted molar refractivity (Wildman–Crippen MR) is 126 cm³/mol. The van der Waals surface area contributed by atoms with Crippen LogP contribution in [0.1, 0.15) is 57.3 Å². The van der Waals surface area contributed by atoms with Crippen molar-refractivity contribution in [1.82, 2.24) is 24.1 Å². The molecule has 0 saturated heterocycles. The number of anilines is 1. The molecular weight excluding hydrogens is 412 g/mol. The maximum absolute atomic E-state index is 12.5. The largest absolute Gasteiger partial charge is 0.378 e. The molecule has 3 aromatic heterocycles. The lowest BCUT2D eigenvalue weighted by Crippen LogP contribution is -2.31. The molecule has 0 aliphatic rings. The highest BCUT2D eigenvalue weighted by Crippen LogP contribution is 2.29. The summed E-state index contributed by atoms with van der Waals surface area (Å²) < 4.78 is 4.60. The van der Waals surface area contributed by atoms with Gasteiger partial charge in [0.05, 0.1) is 21.8 Å². The van der Waals surface area contributed by atoms with Crippen LogP contribution < -0.4 is 16.6 Å². The number of aryl methyl sites for hydroxylation is 2. The van der Waals surface area contributed by atoms with Crippen LogP contribution in [-0.2, 0) is 19.6 Å². The number of nitrogens with one attached hydrogen (secondary N) is 2. The Hall–Kier alpha value is -2.94. The van der Waals surface area contributed by atoms with Gasteiger partial charge in [0.1, 0.15) is 5.82 Å². The summed E-state index contributed by atoms with van der Waals surface area (Å²) in [4.78, 5) is 36.7. The van der Waals surface area contributed by atoms with E-state index < -0.39 is 5.69 Å². The second kappa shape index (κ2) is 8.66. The molecule has 0 spiro atoms. The Balaban J connectivity index is 1.68. The first kappa shape index (κ1) is 21.3. The fourth-order valence-corrected chi connectivity index (χ4v) is 4.71. The van der Waals surface area contributed by atoms with Gasteiger partial charge in [-0.3, -0.25) is 14.3 Å². The van der Waals surface area contributed by atoms with Gasteiger partial charge in [-0.2, -0.15) is 0 Å². The van der Waals surface area contributed by atoms with E-state index in [0.29, 0.717) is 36.7 Å². The van der Waals surface area contributed by atoms with Crippen molar-refractivity contribution in [2.75, 3.05) is 5.32 Å². The average Bonchev–Trinajstić information content (AvgIpc) is 3.33. The van der Waals surface area contributed by atoms with Gasteiger partial charge in [-0.1, -0.05) is 27.2 Å². The third kappa shape index (κ3) is 4.01. The highest BCUT2D eigenvalue weighted by atomic mass is 32.1. The first-order chi connectivity index (χ1) is 14.9. The molecule has 0 bridgehead atoms. The van der Waals surface area contributed by atoms with Crippen LogP contribution in [0.15, 0.2) is 27.8 Å². The predicted octanol–water partition coefficient (Wildman–Crippen LogP) is 4.05. The van der Waals surface area contributed by atoms with Crippen LogP contribution in [-0.4, -0.2) is 24.1 Å². The van der Waals surface area contributed by atoms with Gasteiger partial charge in [0.2, 0.25) is 0 Å². The highest BCUT2D eigenvalue weighted by molar-refractivity contribution is 7.18. The van der Waals surface area contributed by atoms with Gasteiger partial charge in [-0.05, 0) is 31.5 Å². The molecule has 9 heteroatoms. The van der Waals surface area contributed by atoms with Gasteiger partial charge in [0.25, 0.3) is 5.56 Å². The zero-order valence-electron chi connectivity index (χ0n) is 18.4. The molecule has 0 amide bonds. The fraction of sp³-hybridized carbons (Fsp3) is 0.455. The molecule has 0 fully saturated rings. The van der Waals surface area contributed by atoms with Crippen molar-refractivity contribution in [3.63, 3.8) is 0 Å². The van der Waals surface area contributed by atoms with Crippen LogP contribution in [0.4, 0.5) is 5.69 Å². The molecule has 0 aliphatic carbocycles. The zero-order valence-corrected chi connectivity index (χ0v) is 19.2. The van der Waals surface area contributed by atoms with E-state index in [4.69, 9.17) is 4.98 Å². The second-order valence-corrected chi connectivity index (χ2v) is 9.01. The van der Waals surface area contributed by atoms with Crippen LogP contribution in [0.3, 0.4) is 0 Å². The van der Waals surface area contributed by atoms with Crippen LogP contribution in [0, 0.1) is 0 Å². The van der Waals surface area contributed by atoms with E-state index in [-0.39, 0.29) is 5.56 Å². The molecule has 0 saturated carbocycles. The number of unbranched alkanes of at least 4 members (excludes halogenated alkanes) is 1. The number of hydrogen-bond donors (Lipinski definition) is 2. The number of nitrogens with zero attached hydrogens (tertiary/aromatic N) is 4. The summed E-state index contributed by atoms with van der Waals surface area (Å²) in [6.07, 6.45) is 1.80. The van der Waals surface area contributed by atoms with E-state index in [1.165, 1.54) is 0 Å². The number of hydrogen-bond acceptors (Lipinski definition) is 6. The molecule has 3 heterocycles. The van der Waals surface area contributed by atoms with Gasteiger partial charge in [-0.15, -0.1) is 11.3 Å². The van der Waals surface area contributed by atoms with Crippen LogP contribution in [0.25, 0.3) is 21.4 Å². The molecule has 8 nitrogen and oxygen atoms in total. The van der Waals surface area contributed by atoms with E-state index in [2.05, 4.69) is 42.1 Å². The topological polar surface area (TPSA) is 97.6 Å². The van der Waals surface area contributed by atoms with Gasteiger partial charge in [0.15, 0.2) is 11.2 Å². The minimum atomic E-state index is -0.400. The summed E-state index contributed by atoms with van der Waals surface area (Å²) in [5.41, 5.74) is 2.10. The van der Waals surface area contributed by atoms with Crippen molar-refractivity contribution in [1.29, 1.82) is 0 Å². The Labute approximate surface area is 184 Å². The van der Waals surface area contributed by atoms with E-state index in [1.807, 2.05) is 23.6 Å². The maximum atomic E-state index is 12.5. The molecule has 4 aromatic rings. The van der Waals surface area contributed by atoms with Crippen molar-refractivity contribution >= 4 is 38.4 Å². The molecule has 1 aromatic carbocycles. The standard InChI is InChI=1S/C22H28N6O2S/c1-5-7-10-28-19-18(20(29)26-22(28)30)27(6-2)17(25-19)12-23-14-8-9-15-16(11-14)31-21(24-15)13(3)4/h8-9,11,13,23H,5-7,10,12H2,1-4H3,(H,26,29,30). The molecule has 0 unspecified atom stereocenters. The van der Waals surface area contributed by atoms with Gasteiger partial charge < -0.3 is 9.88 Å². The zero-order chi connectivity index (χ0) is 22.1. The summed E-state index contributed by atoms with van der Waals surface area (Å²) >= 11 is 1.71. The van der Waals surface area contributed by atoms with Crippen molar-refractivity contribution in [2.45, 2.75) is 66.1 Å². The van der Waals surface area contributed by atoms with Crippen LogP contribution in [0.5, 0.6) is 0 Å². The minimum absolute atomic E-state index is 0.388. The normalized spacial score (nSPS) is 11.8. The molecule has 0 aliphatic heterocycles. The number of imidazole rings is 1. The van der Waals surface area contributed by atoms with Gasteiger partial charge in [-0.25, -0.2) is 14.8 Å². The minimum Gasteiger partial charge on any atom is -0.378 e.